The summed E-state index contributed by atoms with van der Waals surface area (Å²) in [6.07, 6.45) is 0.627. The third-order valence-electron chi connectivity index (χ3n) is 3.54. The average Bonchev–Trinajstić information content (AvgIpc) is 3.07. The van der Waals surface area contributed by atoms with Gasteiger partial charge in [-0.1, -0.05) is 12.1 Å². The van der Waals surface area contributed by atoms with Crippen molar-refractivity contribution in [3.05, 3.63) is 51.7 Å². The zero-order valence-electron chi connectivity index (χ0n) is 14.0. The predicted octanol–water partition coefficient (Wildman–Crippen LogP) is 1.56. The molecule has 1 aromatic heterocycles. The number of likely N-dealkylation sites (N-methyl/N-ethyl adjacent to an activating group) is 1. The number of nitrogens with zero attached hydrogens (tertiary/aromatic N) is 2. The van der Waals surface area contributed by atoms with Crippen LogP contribution in [0.15, 0.2) is 29.6 Å². The number of hydrogen-bond donors (Lipinski definition) is 2. The van der Waals surface area contributed by atoms with E-state index in [9.17, 15) is 14.0 Å². The van der Waals surface area contributed by atoms with Gasteiger partial charge in [0, 0.05) is 24.9 Å². The lowest BCUT2D eigenvalue weighted by Crippen LogP contribution is -2.40. The van der Waals surface area contributed by atoms with Gasteiger partial charge in [-0.25, -0.2) is 9.37 Å². The molecule has 1 heterocycles. The van der Waals surface area contributed by atoms with Crippen LogP contribution >= 0.6 is 11.3 Å². The highest BCUT2D eigenvalue weighted by atomic mass is 32.1. The summed E-state index contributed by atoms with van der Waals surface area (Å²) >= 11 is 1.39. The maximum absolute atomic E-state index is 12.9. The van der Waals surface area contributed by atoms with E-state index in [0.717, 1.165) is 10.6 Å². The molecule has 0 radical (unpaired) electrons. The minimum atomic E-state index is -0.324. The maximum atomic E-state index is 12.9. The summed E-state index contributed by atoms with van der Waals surface area (Å²) in [6.45, 7) is 2.90. The molecule has 134 valence electrons. The number of nitrogens with one attached hydrogen (secondary N) is 1. The maximum Gasteiger partial charge on any atom is 0.273 e. The Morgan fingerprint density at radius 3 is 2.68 bits per heavy atom. The molecule has 0 unspecified atom stereocenters. The Bertz CT molecular complexity index is 718. The van der Waals surface area contributed by atoms with E-state index < -0.39 is 0 Å². The minimum absolute atomic E-state index is 0.0553. The third-order valence-corrected chi connectivity index (χ3v) is 4.44. The number of thiazole rings is 1. The molecular formula is C17H21FN4O2S. The zero-order chi connectivity index (χ0) is 18.2. The highest BCUT2D eigenvalue weighted by Crippen LogP contribution is 2.12. The molecular weight excluding hydrogens is 343 g/mol. The molecule has 0 aliphatic rings. The fourth-order valence-corrected chi connectivity index (χ4v) is 2.96. The second kappa shape index (κ2) is 9.24. The molecule has 0 saturated heterocycles. The van der Waals surface area contributed by atoms with E-state index in [1.54, 1.807) is 24.4 Å². The Balaban J connectivity index is 1.89. The first-order valence-electron chi connectivity index (χ1n) is 7.98. The van der Waals surface area contributed by atoms with Crippen molar-refractivity contribution in [3.8, 4) is 0 Å². The summed E-state index contributed by atoms with van der Waals surface area (Å²) < 4.78 is 12.9. The number of nitrogens with two attached hydrogens (primary N) is 1. The van der Waals surface area contributed by atoms with Crippen LogP contribution < -0.4 is 11.1 Å². The molecule has 2 rings (SSSR count). The van der Waals surface area contributed by atoms with Gasteiger partial charge in [0.1, 0.15) is 11.5 Å². The number of hydrogen-bond acceptors (Lipinski definition) is 5. The Kier molecular flexibility index (Phi) is 7.03. The van der Waals surface area contributed by atoms with E-state index in [4.69, 9.17) is 5.73 Å². The first-order chi connectivity index (χ1) is 12.0. The van der Waals surface area contributed by atoms with E-state index in [1.165, 1.54) is 28.4 Å². The number of amides is 2. The van der Waals surface area contributed by atoms with E-state index in [-0.39, 0.29) is 30.7 Å². The van der Waals surface area contributed by atoms with Crippen LogP contribution in [0.4, 0.5) is 4.39 Å². The molecule has 0 saturated carbocycles. The van der Waals surface area contributed by atoms with Crippen LogP contribution in [0.25, 0.3) is 0 Å². The van der Waals surface area contributed by atoms with E-state index in [1.807, 2.05) is 0 Å². The Labute approximate surface area is 149 Å². The van der Waals surface area contributed by atoms with Crippen LogP contribution in [-0.4, -0.2) is 41.3 Å². The number of carbonyl (C=O) groups is 2. The monoisotopic (exact) mass is 364 g/mol. The standard InChI is InChI=1S/C17H21FN4O2S/c1-2-22(17(24)14-11-25-16(21-14)7-8-19)10-15(23)20-9-12-3-5-13(18)6-4-12/h3-6,11H,2,7-10,19H2,1H3,(H,20,23). The van der Waals surface area contributed by atoms with Crippen molar-refractivity contribution in [1.82, 2.24) is 15.2 Å². The van der Waals surface area contributed by atoms with Crippen LogP contribution in [0.5, 0.6) is 0 Å². The van der Waals surface area contributed by atoms with Crippen molar-refractivity contribution < 1.29 is 14.0 Å². The molecule has 0 aliphatic heterocycles. The summed E-state index contributed by atoms with van der Waals surface area (Å²) in [5.41, 5.74) is 6.61. The third kappa shape index (κ3) is 5.61. The minimum Gasteiger partial charge on any atom is -0.350 e. The average molecular weight is 364 g/mol. The van der Waals surface area contributed by atoms with Crippen molar-refractivity contribution in [3.63, 3.8) is 0 Å². The van der Waals surface area contributed by atoms with Gasteiger partial charge in [-0.3, -0.25) is 9.59 Å². The number of aromatic nitrogens is 1. The Morgan fingerprint density at radius 1 is 1.32 bits per heavy atom. The highest BCUT2D eigenvalue weighted by Gasteiger charge is 2.19. The highest BCUT2D eigenvalue weighted by molar-refractivity contribution is 7.09. The van der Waals surface area contributed by atoms with Gasteiger partial charge in [0.2, 0.25) is 5.91 Å². The van der Waals surface area contributed by atoms with Gasteiger partial charge in [-0.15, -0.1) is 11.3 Å². The van der Waals surface area contributed by atoms with Crippen LogP contribution in [0.2, 0.25) is 0 Å². The molecule has 8 heteroatoms. The molecule has 6 nitrogen and oxygen atoms in total. The van der Waals surface area contributed by atoms with Gasteiger partial charge in [-0.05, 0) is 31.2 Å². The Hall–Kier alpha value is -2.32. The summed E-state index contributed by atoms with van der Waals surface area (Å²) in [5.74, 6) is -0.883. The summed E-state index contributed by atoms with van der Waals surface area (Å²) in [5, 5.41) is 5.22. The molecule has 0 spiro atoms. The Morgan fingerprint density at radius 2 is 2.04 bits per heavy atom. The van der Waals surface area contributed by atoms with Gasteiger partial charge in [0.05, 0.1) is 11.6 Å². The van der Waals surface area contributed by atoms with Crippen molar-refractivity contribution >= 4 is 23.2 Å². The fourth-order valence-electron chi connectivity index (χ4n) is 2.17. The molecule has 2 amide bonds. The van der Waals surface area contributed by atoms with Crippen LogP contribution in [-0.2, 0) is 17.8 Å². The molecule has 0 fully saturated rings. The van der Waals surface area contributed by atoms with Crippen molar-refractivity contribution in [2.75, 3.05) is 19.6 Å². The van der Waals surface area contributed by atoms with Gasteiger partial charge >= 0.3 is 0 Å². The van der Waals surface area contributed by atoms with E-state index >= 15 is 0 Å². The SMILES string of the molecule is CCN(CC(=O)NCc1ccc(F)cc1)C(=O)c1csc(CCN)n1. The van der Waals surface area contributed by atoms with Gasteiger partial charge in [0.15, 0.2) is 0 Å². The van der Waals surface area contributed by atoms with Crippen molar-refractivity contribution in [1.29, 1.82) is 0 Å². The van der Waals surface area contributed by atoms with Crippen LogP contribution in [0.1, 0.15) is 28.0 Å². The van der Waals surface area contributed by atoms with Crippen LogP contribution in [0, 0.1) is 5.82 Å². The molecule has 1 aromatic carbocycles. The number of halogens is 1. The molecule has 0 bridgehead atoms. The van der Waals surface area contributed by atoms with Crippen LogP contribution in [0.3, 0.4) is 0 Å². The number of rotatable bonds is 8. The molecule has 0 atom stereocenters. The number of benzene rings is 1. The topological polar surface area (TPSA) is 88.3 Å². The predicted molar refractivity (Wildman–Crippen MR) is 94.7 cm³/mol. The lowest BCUT2D eigenvalue weighted by Gasteiger charge is -2.19. The fraction of sp³-hybridized carbons (Fsp3) is 0.353. The molecule has 25 heavy (non-hydrogen) atoms. The lowest BCUT2D eigenvalue weighted by atomic mass is 10.2. The molecule has 3 N–H and O–H groups in total. The van der Waals surface area contributed by atoms with Crippen molar-refractivity contribution in [2.24, 2.45) is 5.73 Å². The smallest absolute Gasteiger partial charge is 0.273 e. The normalized spacial score (nSPS) is 10.5. The second-order valence-corrected chi connectivity index (χ2v) is 6.33. The van der Waals surface area contributed by atoms with Gasteiger partial charge in [-0.2, -0.15) is 0 Å². The summed E-state index contributed by atoms with van der Waals surface area (Å²) in [7, 11) is 0. The summed E-state index contributed by atoms with van der Waals surface area (Å²) in [4.78, 5) is 30.2. The molecule has 2 aromatic rings. The van der Waals surface area contributed by atoms with Crippen molar-refractivity contribution in [2.45, 2.75) is 19.9 Å². The largest absolute Gasteiger partial charge is 0.350 e. The van der Waals surface area contributed by atoms with Gasteiger partial charge in [0.25, 0.3) is 5.91 Å². The first kappa shape index (κ1) is 19.0. The number of carbonyl (C=O) groups excluding carboxylic acids is 2. The molecule has 0 aliphatic carbocycles. The summed E-state index contributed by atoms with van der Waals surface area (Å²) in [6, 6.07) is 5.88. The second-order valence-electron chi connectivity index (χ2n) is 5.39. The first-order valence-corrected chi connectivity index (χ1v) is 8.86. The lowest BCUT2D eigenvalue weighted by molar-refractivity contribution is -0.121. The van der Waals surface area contributed by atoms with E-state index in [2.05, 4.69) is 10.3 Å². The van der Waals surface area contributed by atoms with E-state index in [0.29, 0.717) is 25.2 Å². The quantitative estimate of drug-likeness (QED) is 0.744. The zero-order valence-corrected chi connectivity index (χ0v) is 14.8. The van der Waals surface area contributed by atoms with Gasteiger partial charge < -0.3 is 16.0 Å².